The van der Waals surface area contributed by atoms with Crippen LogP contribution < -0.4 is 34.3 Å². The molecule has 3 aromatic carbocycles. The SMILES string of the molecule is CCCCCCCC(=O)Oc1ccc(N=Nc2ccc(S(=O)(=O)[O-])cc2)c2ccccc12.[Na+]. The topological polar surface area (TPSA) is 108 Å². The molecule has 0 aliphatic heterocycles. The van der Waals surface area contributed by atoms with Gasteiger partial charge in [0.2, 0.25) is 0 Å². The normalized spacial score (nSPS) is 11.5. The summed E-state index contributed by atoms with van der Waals surface area (Å²) >= 11 is 0. The fraction of sp³-hybridized carbons (Fsp3) is 0.292. The molecule has 0 N–H and O–H groups in total. The molecular formula is C24H25N2NaO5S. The third kappa shape index (κ3) is 8.01. The monoisotopic (exact) mass is 476 g/mol. The number of hydrogen-bond donors (Lipinski definition) is 0. The number of esters is 1. The standard InChI is InChI=1S/C24H26N2O5S.Na/c1-2-3-4-5-6-11-24(27)31-23-17-16-22(20-9-7-8-10-21(20)23)26-25-18-12-14-19(15-13-18)32(28,29)30;/h7-10,12-17H,2-6,11H2,1H3,(H,28,29,30);/q;+1/p-1. The van der Waals surface area contributed by atoms with Gasteiger partial charge in [-0.15, -0.1) is 5.11 Å². The quantitative estimate of drug-likeness (QED) is 0.111. The molecule has 0 unspecified atom stereocenters. The van der Waals surface area contributed by atoms with Crippen LogP contribution in [0.25, 0.3) is 10.8 Å². The zero-order valence-electron chi connectivity index (χ0n) is 18.9. The third-order valence-electron chi connectivity index (χ3n) is 4.97. The molecule has 0 atom stereocenters. The van der Waals surface area contributed by atoms with E-state index >= 15 is 0 Å². The van der Waals surface area contributed by atoms with Crippen molar-refractivity contribution in [3.8, 4) is 5.75 Å². The second kappa shape index (κ2) is 13.0. The first-order valence-electron chi connectivity index (χ1n) is 10.6. The predicted octanol–water partition coefficient (Wildman–Crippen LogP) is 3.43. The van der Waals surface area contributed by atoms with Crippen LogP contribution in [0.15, 0.2) is 75.8 Å². The average Bonchev–Trinajstić information content (AvgIpc) is 2.78. The first kappa shape index (κ1) is 27.1. The van der Waals surface area contributed by atoms with Crippen LogP contribution in [-0.2, 0) is 14.9 Å². The predicted molar refractivity (Wildman–Crippen MR) is 122 cm³/mol. The van der Waals surface area contributed by atoms with Crippen molar-refractivity contribution in [2.75, 3.05) is 0 Å². The number of hydrogen-bond acceptors (Lipinski definition) is 7. The molecule has 0 radical (unpaired) electrons. The summed E-state index contributed by atoms with van der Waals surface area (Å²) < 4.78 is 38.7. The molecule has 33 heavy (non-hydrogen) atoms. The molecule has 0 amide bonds. The second-order valence-corrected chi connectivity index (χ2v) is 8.79. The molecule has 0 aliphatic carbocycles. The van der Waals surface area contributed by atoms with Crippen LogP contribution in [0.1, 0.15) is 45.4 Å². The van der Waals surface area contributed by atoms with E-state index in [9.17, 15) is 17.8 Å². The van der Waals surface area contributed by atoms with Crippen LogP contribution in [0, 0.1) is 0 Å². The molecule has 0 heterocycles. The Bertz CT molecular complexity index is 1210. The van der Waals surface area contributed by atoms with Crippen molar-refractivity contribution < 1.29 is 52.1 Å². The van der Waals surface area contributed by atoms with Crippen molar-refractivity contribution in [1.82, 2.24) is 0 Å². The number of carbonyl (C=O) groups excluding carboxylic acids is 1. The summed E-state index contributed by atoms with van der Waals surface area (Å²) in [6.07, 6.45) is 5.68. The van der Waals surface area contributed by atoms with Gasteiger partial charge in [0.25, 0.3) is 0 Å². The molecule has 168 valence electrons. The molecule has 0 saturated carbocycles. The molecule has 3 rings (SSSR count). The van der Waals surface area contributed by atoms with Crippen molar-refractivity contribution in [3.63, 3.8) is 0 Å². The van der Waals surface area contributed by atoms with Gasteiger partial charge >= 0.3 is 35.5 Å². The number of azo groups is 1. The van der Waals surface area contributed by atoms with E-state index < -0.39 is 10.1 Å². The van der Waals surface area contributed by atoms with Crippen LogP contribution in [0.2, 0.25) is 0 Å². The van der Waals surface area contributed by atoms with Gasteiger partial charge in [0.15, 0.2) is 0 Å². The van der Waals surface area contributed by atoms with Gasteiger partial charge in [-0.25, -0.2) is 8.42 Å². The van der Waals surface area contributed by atoms with Crippen molar-refractivity contribution in [2.45, 2.75) is 50.3 Å². The van der Waals surface area contributed by atoms with Crippen molar-refractivity contribution in [2.24, 2.45) is 10.2 Å². The molecular weight excluding hydrogens is 451 g/mol. The number of rotatable bonds is 10. The summed E-state index contributed by atoms with van der Waals surface area (Å²) in [7, 11) is -4.50. The first-order chi connectivity index (χ1) is 15.4. The zero-order valence-corrected chi connectivity index (χ0v) is 21.7. The van der Waals surface area contributed by atoms with Gasteiger partial charge in [-0.2, -0.15) is 5.11 Å². The average molecular weight is 477 g/mol. The van der Waals surface area contributed by atoms with Crippen LogP contribution in [0.5, 0.6) is 5.75 Å². The summed E-state index contributed by atoms with van der Waals surface area (Å²) in [4.78, 5) is 11.9. The van der Waals surface area contributed by atoms with E-state index in [1.807, 2.05) is 24.3 Å². The third-order valence-corrected chi connectivity index (χ3v) is 5.82. The van der Waals surface area contributed by atoms with E-state index in [0.29, 0.717) is 23.5 Å². The molecule has 0 aliphatic rings. The minimum Gasteiger partial charge on any atom is -0.744 e. The van der Waals surface area contributed by atoms with E-state index in [-0.39, 0.29) is 40.4 Å². The number of ether oxygens (including phenoxy) is 1. The number of fused-ring (bicyclic) bond motifs is 1. The van der Waals surface area contributed by atoms with Gasteiger partial charge in [-0.1, -0.05) is 56.9 Å². The van der Waals surface area contributed by atoms with E-state index in [4.69, 9.17) is 4.74 Å². The molecule has 0 aromatic heterocycles. The molecule has 7 nitrogen and oxygen atoms in total. The maximum Gasteiger partial charge on any atom is 1.00 e. The second-order valence-electron chi connectivity index (χ2n) is 7.41. The van der Waals surface area contributed by atoms with E-state index in [1.54, 1.807) is 12.1 Å². The maximum atomic E-state index is 12.3. The van der Waals surface area contributed by atoms with Gasteiger partial charge < -0.3 is 9.29 Å². The van der Waals surface area contributed by atoms with Gasteiger partial charge in [0.05, 0.1) is 16.3 Å². The molecule has 9 heteroatoms. The Balaban J connectivity index is 0.00000385. The van der Waals surface area contributed by atoms with Crippen molar-refractivity contribution in [1.29, 1.82) is 0 Å². The number of nitrogens with zero attached hydrogens (tertiary/aromatic N) is 2. The van der Waals surface area contributed by atoms with Gasteiger partial charge in [-0.3, -0.25) is 4.79 Å². The summed E-state index contributed by atoms with van der Waals surface area (Å²) in [5.74, 6) is 0.220. The molecule has 0 saturated heterocycles. The summed E-state index contributed by atoms with van der Waals surface area (Å²) in [6.45, 7) is 2.15. The maximum absolute atomic E-state index is 12.3. The minimum absolute atomic E-state index is 0. The number of benzene rings is 3. The zero-order chi connectivity index (χ0) is 23.0. The Hall–Kier alpha value is -2.10. The van der Waals surface area contributed by atoms with Crippen LogP contribution in [0.3, 0.4) is 0 Å². The summed E-state index contributed by atoms with van der Waals surface area (Å²) in [5, 5.41) is 9.89. The van der Waals surface area contributed by atoms with E-state index in [1.165, 1.54) is 30.7 Å². The van der Waals surface area contributed by atoms with Crippen LogP contribution >= 0.6 is 0 Å². The molecule has 0 spiro atoms. The fourth-order valence-corrected chi connectivity index (χ4v) is 3.74. The number of carbonyl (C=O) groups is 1. The smallest absolute Gasteiger partial charge is 0.744 e. The Kier molecular flexibility index (Phi) is 10.7. The number of unbranched alkanes of at least 4 members (excludes halogenated alkanes) is 4. The van der Waals surface area contributed by atoms with Crippen LogP contribution in [0.4, 0.5) is 11.4 Å². The fourth-order valence-electron chi connectivity index (χ4n) is 3.27. The first-order valence-corrected chi connectivity index (χ1v) is 12.0. The van der Waals surface area contributed by atoms with Gasteiger partial charge in [0.1, 0.15) is 15.9 Å². The van der Waals surface area contributed by atoms with Crippen LogP contribution in [-0.4, -0.2) is 18.9 Å². The summed E-state index contributed by atoms with van der Waals surface area (Å²) in [6, 6.07) is 16.0. The van der Waals surface area contributed by atoms with Gasteiger partial charge in [-0.05, 0) is 42.8 Å². The Morgan fingerprint density at radius 2 is 1.55 bits per heavy atom. The largest absolute Gasteiger partial charge is 1.00 e. The Morgan fingerprint density at radius 1 is 0.879 bits per heavy atom. The Labute approximate surface area is 216 Å². The Morgan fingerprint density at radius 3 is 2.21 bits per heavy atom. The van der Waals surface area contributed by atoms with E-state index in [2.05, 4.69) is 17.2 Å². The minimum atomic E-state index is -4.50. The van der Waals surface area contributed by atoms with Crippen molar-refractivity contribution in [3.05, 3.63) is 60.7 Å². The van der Waals surface area contributed by atoms with Crippen molar-refractivity contribution >= 4 is 38.2 Å². The summed E-state index contributed by atoms with van der Waals surface area (Å²) in [5.41, 5.74) is 0.973. The molecule has 0 bridgehead atoms. The molecule has 0 fully saturated rings. The molecule has 3 aromatic rings. The van der Waals surface area contributed by atoms with Gasteiger partial charge in [0, 0.05) is 17.2 Å². The van der Waals surface area contributed by atoms with E-state index in [0.717, 1.165) is 36.5 Å².